The van der Waals surface area contributed by atoms with E-state index in [0.717, 1.165) is 0 Å². The van der Waals surface area contributed by atoms with Crippen molar-refractivity contribution in [1.82, 2.24) is 19.2 Å². The Kier molecular flexibility index (Phi) is 4.17. The maximum atomic E-state index is 12.2. The topological polar surface area (TPSA) is 107 Å². The van der Waals surface area contributed by atoms with E-state index in [1.54, 1.807) is 0 Å². The summed E-state index contributed by atoms with van der Waals surface area (Å²) >= 11 is 0. The molecular weight excluding hydrogens is 272 g/mol. The predicted octanol–water partition coefficient (Wildman–Crippen LogP) is -0.809. The molecule has 106 valence electrons. The third kappa shape index (κ3) is 3.31. The fraction of sp³-hybridized carbons (Fsp3) is 0.600. The van der Waals surface area contributed by atoms with Gasteiger partial charge in [0.2, 0.25) is 0 Å². The Morgan fingerprint density at radius 1 is 1.37 bits per heavy atom. The van der Waals surface area contributed by atoms with E-state index in [1.165, 1.54) is 16.8 Å². The van der Waals surface area contributed by atoms with Gasteiger partial charge in [-0.1, -0.05) is 0 Å². The summed E-state index contributed by atoms with van der Waals surface area (Å²) in [6, 6.07) is 0. The number of carboxylic acid groups (broad SMARTS) is 1. The van der Waals surface area contributed by atoms with Crippen LogP contribution in [-0.4, -0.2) is 71.4 Å². The van der Waals surface area contributed by atoms with Gasteiger partial charge in [-0.3, -0.25) is 4.79 Å². The lowest BCUT2D eigenvalue weighted by molar-refractivity contribution is -0.137. The van der Waals surface area contributed by atoms with Crippen LogP contribution in [0.25, 0.3) is 0 Å². The van der Waals surface area contributed by atoms with Gasteiger partial charge in [-0.05, 0) is 0 Å². The highest BCUT2D eigenvalue weighted by molar-refractivity contribution is 7.89. The molecule has 1 fully saturated rings. The Labute approximate surface area is 111 Å². The van der Waals surface area contributed by atoms with Crippen LogP contribution < -0.4 is 0 Å². The highest BCUT2D eigenvalue weighted by Crippen LogP contribution is 2.14. The van der Waals surface area contributed by atoms with Gasteiger partial charge < -0.3 is 15.0 Å². The van der Waals surface area contributed by atoms with Crippen LogP contribution in [0.5, 0.6) is 0 Å². The Morgan fingerprint density at radius 2 is 2.05 bits per heavy atom. The summed E-state index contributed by atoms with van der Waals surface area (Å²) < 4.78 is 25.7. The second-order valence-electron chi connectivity index (χ2n) is 4.31. The minimum atomic E-state index is -3.50. The first-order valence-corrected chi connectivity index (χ1v) is 7.37. The fourth-order valence-electron chi connectivity index (χ4n) is 1.97. The zero-order valence-electron chi connectivity index (χ0n) is 10.3. The predicted molar refractivity (Wildman–Crippen MR) is 66.0 cm³/mol. The molecule has 8 nitrogen and oxygen atoms in total. The molecular formula is C10H16N4O4S. The van der Waals surface area contributed by atoms with Crippen molar-refractivity contribution in [3.8, 4) is 0 Å². The number of piperazine rings is 1. The molecule has 0 bridgehead atoms. The van der Waals surface area contributed by atoms with E-state index in [9.17, 15) is 13.2 Å². The summed E-state index contributed by atoms with van der Waals surface area (Å²) in [4.78, 5) is 18.7. The Morgan fingerprint density at radius 3 is 2.58 bits per heavy atom. The van der Waals surface area contributed by atoms with E-state index in [2.05, 4.69) is 9.97 Å². The van der Waals surface area contributed by atoms with E-state index in [-0.39, 0.29) is 11.4 Å². The van der Waals surface area contributed by atoms with Crippen molar-refractivity contribution < 1.29 is 18.3 Å². The largest absolute Gasteiger partial charge is 0.481 e. The minimum Gasteiger partial charge on any atom is -0.481 e. The zero-order valence-corrected chi connectivity index (χ0v) is 11.1. The SMILES string of the molecule is O=C(O)CCN1CCN(S(=O)(=O)c2cnc[nH]2)CC1. The van der Waals surface area contributed by atoms with Gasteiger partial charge >= 0.3 is 5.97 Å². The number of imidazole rings is 1. The third-order valence-electron chi connectivity index (χ3n) is 3.06. The summed E-state index contributed by atoms with van der Waals surface area (Å²) in [5.74, 6) is -0.840. The van der Waals surface area contributed by atoms with Crippen molar-refractivity contribution in [2.45, 2.75) is 11.4 Å². The van der Waals surface area contributed by atoms with Gasteiger partial charge in [0.15, 0.2) is 5.03 Å². The van der Waals surface area contributed by atoms with Crippen LogP contribution in [0.15, 0.2) is 17.6 Å². The van der Waals surface area contributed by atoms with Gasteiger partial charge in [0.05, 0.1) is 18.9 Å². The van der Waals surface area contributed by atoms with Crippen molar-refractivity contribution >= 4 is 16.0 Å². The number of H-pyrrole nitrogens is 1. The Bertz CT molecular complexity index is 520. The van der Waals surface area contributed by atoms with Crippen LogP contribution in [0.3, 0.4) is 0 Å². The van der Waals surface area contributed by atoms with Crippen molar-refractivity contribution in [1.29, 1.82) is 0 Å². The van der Waals surface area contributed by atoms with E-state index in [1.807, 2.05) is 4.90 Å². The Balaban J connectivity index is 1.91. The van der Waals surface area contributed by atoms with Crippen LogP contribution in [-0.2, 0) is 14.8 Å². The molecule has 2 heterocycles. The fourth-order valence-corrected chi connectivity index (χ4v) is 3.29. The first-order valence-electron chi connectivity index (χ1n) is 5.93. The molecule has 1 aromatic rings. The van der Waals surface area contributed by atoms with E-state index in [0.29, 0.717) is 32.7 Å². The summed E-state index contributed by atoms with van der Waals surface area (Å²) in [5, 5.41) is 8.70. The molecule has 19 heavy (non-hydrogen) atoms. The normalized spacial score (nSPS) is 18.5. The van der Waals surface area contributed by atoms with Gasteiger partial charge in [0, 0.05) is 32.7 Å². The van der Waals surface area contributed by atoms with Gasteiger partial charge in [-0.2, -0.15) is 4.31 Å². The number of aliphatic carboxylic acids is 1. The third-order valence-corrected chi connectivity index (χ3v) is 4.89. The van der Waals surface area contributed by atoms with Crippen molar-refractivity contribution in [3.05, 3.63) is 12.5 Å². The molecule has 1 aliphatic heterocycles. The summed E-state index contributed by atoms with van der Waals surface area (Å²) in [6.07, 6.45) is 2.69. The monoisotopic (exact) mass is 288 g/mol. The number of nitrogens with one attached hydrogen (secondary N) is 1. The van der Waals surface area contributed by atoms with E-state index in [4.69, 9.17) is 5.11 Å². The molecule has 1 saturated heterocycles. The maximum Gasteiger partial charge on any atom is 0.304 e. The van der Waals surface area contributed by atoms with Crippen molar-refractivity contribution in [2.75, 3.05) is 32.7 Å². The molecule has 0 unspecified atom stereocenters. The van der Waals surface area contributed by atoms with Crippen LogP contribution in [0.4, 0.5) is 0 Å². The molecule has 1 aliphatic rings. The van der Waals surface area contributed by atoms with Gasteiger partial charge in [0.1, 0.15) is 0 Å². The molecule has 0 atom stereocenters. The lowest BCUT2D eigenvalue weighted by atomic mass is 10.3. The summed E-state index contributed by atoms with van der Waals surface area (Å²) in [7, 11) is -3.50. The average Bonchev–Trinajstić information content (AvgIpc) is 2.91. The van der Waals surface area contributed by atoms with E-state index < -0.39 is 16.0 Å². The standard InChI is InChI=1S/C10H16N4O4S/c15-10(16)1-2-13-3-5-14(6-4-13)19(17,18)9-7-11-8-12-9/h7-8H,1-6H2,(H,11,12)(H,15,16). The van der Waals surface area contributed by atoms with Crippen LogP contribution in [0.1, 0.15) is 6.42 Å². The Hall–Kier alpha value is -1.45. The van der Waals surface area contributed by atoms with Crippen LogP contribution in [0.2, 0.25) is 0 Å². The highest BCUT2D eigenvalue weighted by Gasteiger charge is 2.29. The quantitative estimate of drug-likeness (QED) is 0.734. The number of nitrogens with zero attached hydrogens (tertiary/aromatic N) is 3. The number of sulfonamides is 1. The molecule has 0 aliphatic carbocycles. The second-order valence-corrected chi connectivity index (χ2v) is 6.21. The molecule has 0 radical (unpaired) electrons. The molecule has 0 amide bonds. The summed E-state index contributed by atoms with van der Waals surface area (Å²) in [6.45, 7) is 2.26. The summed E-state index contributed by atoms with van der Waals surface area (Å²) in [5.41, 5.74) is 0. The zero-order chi connectivity index (χ0) is 13.9. The first kappa shape index (κ1) is 14.0. The lowest BCUT2D eigenvalue weighted by Gasteiger charge is -2.33. The average molecular weight is 288 g/mol. The minimum absolute atomic E-state index is 0.0767. The smallest absolute Gasteiger partial charge is 0.304 e. The molecule has 2 N–H and O–H groups in total. The number of hydrogen-bond donors (Lipinski definition) is 2. The highest BCUT2D eigenvalue weighted by atomic mass is 32.2. The van der Waals surface area contributed by atoms with Crippen LogP contribution >= 0.6 is 0 Å². The van der Waals surface area contributed by atoms with Crippen molar-refractivity contribution in [3.63, 3.8) is 0 Å². The number of aromatic amines is 1. The number of carbonyl (C=O) groups is 1. The molecule has 0 spiro atoms. The molecule has 0 aromatic carbocycles. The molecule has 0 saturated carbocycles. The number of aromatic nitrogens is 2. The van der Waals surface area contributed by atoms with Gasteiger partial charge in [0.25, 0.3) is 10.0 Å². The van der Waals surface area contributed by atoms with Gasteiger partial charge in [-0.15, -0.1) is 0 Å². The number of carboxylic acids is 1. The van der Waals surface area contributed by atoms with Gasteiger partial charge in [-0.25, -0.2) is 13.4 Å². The maximum absolute atomic E-state index is 12.2. The molecule has 9 heteroatoms. The first-order chi connectivity index (χ1) is 9.00. The molecule has 1 aromatic heterocycles. The van der Waals surface area contributed by atoms with Crippen LogP contribution in [0, 0.1) is 0 Å². The number of hydrogen-bond acceptors (Lipinski definition) is 5. The molecule has 2 rings (SSSR count). The van der Waals surface area contributed by atoms with Crippen molar-refractivity contribution in [2.24, 2.45) is 0 Å². The lowest BCUT2D eigenvalue weighted by Crippen LogP contribution is -2.49. The number of rotatable bonds is 5. The van der Waals surface area contributed by atoms with E-state index >= 15 is 0 Å². The second kappa shape index (κ2) is 5.68.